The molecule has 0 fully saturated rings. The fourth-order valence-electron chi connectivity index (χ4n) is 2.55. The lowest BCUT2D eigenvalue weighted by molar-refractivity contribution is 0.533. The molecule has 3 heteroatoms. The molecule has 1 N–H and O–H groups in total. The molecule has 104 valence electrons. The Morgan fingerprint density at radius 1 is 1.15 bits per heavy atom. The summed E-state index contributed by atoms with van der Waals surface area (Å²) in [6.45, 7) is 3.29. The molecule has 1 nitrogen and oxygen atoms in total. The lowest BCUT2D eigenvalue weighted by Crippen LogP contribution is -2.24. The van der Waals surface area contributed by atoms with Crippen LogP contribution in [0.5, 0.6) is 0 Å². The molecule has 0 amide bonds. The van der Waals surface area contributed by atoms with Gasteiger partial charge in [0.1, 0.15) is 0 Å². The van der Waals surface area contributed by atoms with Crippen molar-refractivity contribution in [2.45, 2.75) is 25.8 Å². The number of thiophene rings is 2. The Hall–Kier alpha value is -1.16. The molecular weight excluding hydrogens is 282 g/mol. The molecule has 1 atom stereocenters. The topological polar surface area (TPSA) is 12.0 Å². The van der Waals surface area contributed by atoms with Crippen LogP contribution in [0.15, 0.2) is 46.5 Å². The molecule has 0 radical (unpaired) electrons. The number of fused-ring (bicyclic) bond motifs is 1. The molecule has 0 spiro atoms. The van der Waals surface area contributed by atoms with Crippen LogP contribution in [0.25, 0.3) is 10.1 Å². The average molecular weight is 301 g/mol. The van der Waals surface area contributed by atoms with Crippen molar-refractivity contribution >= 4 is 32.8 Å². The van der Waals surface area contributed by atoms with E-state index in [9.17, 15) is 0 Å². The minimum Gasteiger partial charge on any atom is -0.310 e. The minimum atomic E-state index is 0.409. The van der Waals surface area contributed by atoms with E-state index in [2.05, 4.69) is 58.7 Å². The molecule has 3 aromatic rings. The molecule has 0 aliphatic rings. The summed E-state index contributed by atoms with van der Waals surface area (Å²) in [5, 5.41) is 11.7. The van der Waals surface area contributed by atoms with E-state index >= 15 is 0 Å². The van der Waals surface area contributed by atoms with Crippen molar-refractivity contribution in [1.82, 2.24) is 5.32 Å². The standard InChI is InChI=1S/C17H19NS2/c1-2-8-18-16(11-13-6-9-19-12-13)15-5-3-4-14-7-10-20-17(14)15/h3-7,9-10,12,16,18H,2,8,11H2,1H3. The first-order chi connectivity index (χ1) is 9.88. The summed E-state index contributed by atoms with van der Waals surface area (Å²) in [6.07, 6.45) is 2.24. The van der Waals surface area contributed by atoms with Gasteiger partial charge < -0.3 is 5.32 Å². The SMILES string of the molecule is CCCNC(Cc1ccsc1)c1cccc2ccsc12. The summed E-state index contributed by atoms with van der Waals surface area (Å²) >= 11 is 3.63. The first kappa shape index (κ1) is 13.8. The van der Waals surface area contributed by atoms with Gasteiger partial charge in [0, 0.05) is 10.7 Å². The molecule has 2 heterocycles. The minimum absolute atomic E-state index is 0.409. The van der Waals surface area contributed by atoms with Crippen molar-refractivity contribution in [2.75, 3.05) is 6.54 Å². The highest BCUT2D eigenvalue weighted by atomic mass is 32.1. The highest BCUT2D eigenvalue weighted by molar-refractivity contribution is 7.17. The highest BCUT2D eigenvalue weighted by Crippen LogP contribution is 2.31. The monoisotopic (exact) mass is 301 g/mol. The Bertz CT molecular complexity index is 655. The van der Waals surface area contributed by atoms with Gasteiger partial charge in [0.2, 0.25) is 0 Å². The highest BCUT2D eigenvalue weighted by Gasteiger charge is 2.15. The van der Waals surface area contributed by atoms with Crippen LogP contribution in [0.4, 0.5) is 0 Å². The van der Waals surface area contributed by atoms with E-state index in [0.717, 1.165) is 13.0 Å². The predicted molar refractivity (Wildman–Crippen MR) is 90.9 cm³/mol. The zero-order valence-corrected chi connectivity index (χ0v) is 13.3. The molecule has 0 bridgehead atoms. The number of benzene rings is 1. The lowest BCUT2D eigenvalue weighted by atomic mass is 9.99. The van der Waals surface area contributed by atoms with Crippen LogP contribution in [-0.2, 0) is 6.42 Å². The Morgan fingerprint density at radius 3 is 2.90 bits per heavy atom. The molecule has 0 saturated heterocycles. The number of hydrogen-bond acceptors (Lipinski definition) is 3. The van der Waals surface area contributed by atoms with Crippen molar-refractivity contribution in [3.63, 3.8) is 0 Å². The van der Waals surface area contributed by atoms with Crippen LogP contribution in [-0.4, -0.2) is 6.54 Å². The second kappa shape index (κ2) is 6.53. The molecule has 2 aromatic heterocycles. The summed E-state index contributed by atoms with van der Waals surface area (Å²) in [5.41, 5.74) is 2.87. The zero-order valence-electron chi connectivity index (χ0n) is 11.6. The lowest BCUT2D eigenvalue weighted by Gasteiger charge is -2.19. The van der Waals surface area contributed by atoms with Crippen LogP contribution in [0, 0.1) is 0 Å². The van der Waals surface area contributed by atoms with Gasteiger partial charge in [0.15, 0.2) is 0 Å². The maximum Gasteiger partial charge on any atom is 0.0390 e. The second-order valence-corrected chi connectivity index (χ2v) is 6.72. The quantitative estimate of drug-likeness (QED) is 0.656. The molecule has 1 unspecified atom stereocenters. The van der Waals surface area contributed by atoms with Gasteiger partial charge in [0.05, 0.1) is 0 Å². The Balaban J connectivity index is 1.93. The van der Waals surface area contributed by atoms with E-state index in [1.807, 2.05) is 11.3 Å². The van der Waals surface area contributed by atoms with Crippen LogP contribution < -0.4 is 5.32 Å². The van der Waals surface area contributed by atoms with E-state index in [1.165, 1.54) is 27.6 Å². The Labute approximate surface area is 128 Å². The van der Waals surface area contributed by atoms with Crippen LogP contribution in [0.1, 0.15) is 30.5 Å². The van der Waals surface area contributed by atoms with E-state index in [1.54, 1.807) is 11.3 Å². The van der Waals surface area contributed by atoms with Crippen molar-refractivity contribution < 1.29 is 0 Å². The van der Waals surface area contributed by atoms with Crippen LogP contribution >= 0.6 is 22.7 Å². The average Bonchev–Trinajstić information content (AvgIpc) is 3.13. The van der Waals surface area contributed by atoms with Crippen LogP contribution in [0.3, 0.4) is 0 Å². The number of hydrogen-bond donors (Lipinski definition) is 1. The zero-order chi connectivity index (χ0) is 13.8. The molecule has 0 aliphatic carbocycles. The van der Waals surface area contributed by atoms with Gasteiger partial charge in [-0.15, -0.1) is 11.3 Å². The summed E-state index contributed by atoms with van der Waals surface area (Å²) in [6, 6.07) is 11.5. The molecule has 0 saturated carbocycles. The molecule has 20 heavy (non-hydrogen) atoms. The fraction of sp³-hybridized carbons (Fsp3) is 0.294. The third kappa shape index (κ3) is 2.95. The predicted octanol–water partition coefficient (Wildman–Crippen LogP) is 5.25. The molecule has 0 aliphatic heterocycles. The summed E-state index contributed by atoms with van der Waals surface area (Å²) in [5.74, 6) is 0. The van der Waals surface area contributed by atoms with Crippen molar-refractivity contribution in [1.29, 1.82) is 0 Å². The van der Waals surface area contributed by atoms with E-state index in [4.69, 9.17) is 0 Å². The van der Waals surface area contributed by atoms with Crippen molar-refractivity contribution in [3.8, 4) is 0 Å². The van der Waals surface area contributed by atoms with Crippen LogP contribution in [0.2, 0.25) is 0 Å². The normalized spacial score (nSPS) is 12.8. The Kier molecular flexibility index (Phi) is 4.51. The van der Waals surface area contributed by atoms with Gasteiger partial charge in [-0.05, 0) is 64.2 Å². The van der Waals surface area contributed by atoms with Crippen molar-refractivity contribution in [2.24, 2.45) is 0 Å². The first-order valence-electron chi connectivity index (χ1n) is 7.09. The first-order valence-corrected chi connectivity index (χ1v) is 8.91. The maximum absolute atomic E-state index is 3.72. The van der Waals surface area contributed by atoms with Gasteiger partial charge in [-0.25, -0.2) is 0 Å². The largest absolute Gasteiger partial charge is 0.310 e. The van der Waals surface area contributed by atoms with Gasteiger partial charge >= 0.3 is 0 Å². The molecule has 3 rings (SSSR count). The van der Waals surface area contributed by atoms with E-state index < -0.39 is 0 Å². The number of nitrogens with one attached hydrogen (secondary N) is 1. The smallest absolute Gasteiger partial charge is 0.0390 e. The van der Waals surface area contributed by atoms with Gasteiger partial charge in [0.25, 0.3) is 0 Å². The van der Waals surface area contributed by atoms with Gasteiger partial charge in [-0.3, -0.25) is 0 Å². The summed E-state index contributed by atoms with van der Waals surface area (Å²) in [7, 11) is 0. The second-order valence-electron chi connectivity index (χ2n) is 5.03. The number of rotatable bonds is 6. The van der Waals surface area contributed by atoms with Gasteiger partial charge in [-0.2, -0.15) is 11.3 Å². The molecular formula is C17H19NS2. The third-order valence-electron chi connectivity index (χ3n) is 3.55. The molecule has 1 aromatic carbocycles. The summed E-state index contributed by atoms with van der Waals surface area (Å²) in [4.78, 5) is 0. The van der Waals surface area contributed by atoms with E-state index in [0.29, 0.717) is 6.04 Å². The van der Waals surface area contributed by atoms with Crippen molar-refractivity contribution in [3.05, 3.63) is 57.6 Å². The Morgan fingerprint density at radius 2 is 2.10 bits per heavy atom. The maximum atomic E-state index is 3.72. The van der Waals surface area contributed by atoms with Gasteiger partial charge in [-0.1, -0.05) is 25.1 Å². The fourth-order valence-corrected chi connectivity index (χ4v) is 4.20. The third-order valence-corrected chi connectivity index (χ3v) is 5.26. The summed E-state index contributed by atoms with van der Waals surface area (Å²) < 4.78 is 1.43. The van der Waals surface area contributed by atoms with E-state index in [-0.39, 0.29) is 0 Å².